The summed E-state index contributed by atoms with van der Waals surface area (Å²) in [6, 6.07) is 6.67. The third kappa shape index (κ3) is 5.44. The molecule has 3 heterocycles. The van der Waals surface area contributed by atoms with Crippen molar-refractivity contribution in [2.24, 2.45) is 10.7 Å². The van der Waals surface area contributed by atoms with Crippen LogP contribution in [0.25, 0.3) is 17.0 Å². The number of alkyl halides is 6. The molecule has 13 heteroatoms. The lowest BCUT2D eigenvalue weighted by Crippen LogP contribution is -2.44. The van der Waals surface area contributed by atoms with Crippen LogP contribution in [0.15, 0.2) is 52.5 Å². The number of carbonyl (C=O) groups excluding carboxylic acids is 1. The van der Waals surface area contributed by atoms with Crippen molar-refractivity contribution in [1.29, 1.82) is 0 Å². The predicted octanol–water partition coefficient (Wildman–Crippen LogP) is 5.52. The molecule has 5 rings (SSSR count). The molecular formula is C25H21F6N5OS. The van der Waals surface area contributed by atoms with E-state index >= 15 is 0 Å². The van der Waals surface area contributed by atoms with Crippen molar-refractivity contribution < 1.29 is 31.1 Å². The first-order chi connectivity index (χ1) is 17.9. The fourth-order valence-corrected chi connectivity index (χ4v) is 5.45. The fourth-order valence-electron chi connectivity index (χ4n) is 4.51. The molecule has 0 saturated carbocycles. The van der Waals surface area contributed by atoms with E-state index in [1.165, 1.54) is 22.6 Å². The minimum absolute atomic E-state index is 0.0314. The molecule has 3 aromatic rings. The summed E-state index contributed by atoms with van der Waals surface area (Å²) < 4.78 is 80.9. The van der Waals surface area contributed by atoms with E-state index in [0.717, 1.165) is 25.5 Å². The summed E-state index contributed by atoms with van der Waals surface area (Å²) in [5.74, 6) is -0.359. The zero-order valence-corrected chi connectivity index (χ0v) is 20.5. The van der Waals surface area contributed by atoms with Gasteiger partial charge in [0.05, 0.1) is 34.3 Å². The van der Waals surface area contributed by atoms with E-state index in [-0.39, 0.29) is 30.1 Å². The average Bonchev–Trinajstić information content (AvgIpc) is 3.41. The molecule has 1 aromatic heterocycles. The zero-order valence-electron chi connectivity index (χ0n) is 19.7. The molecule has 0 unspecified atom stereocenters. The summed E-state index contributed by atoms with van der Waals surface area (Å²) in [5.41, 5.74) is 4.12. The van der Waals surface area contributed by atoms with Crippen LogP contribution in [-0.4, -0.2) is 44.9 Å². The highest BCUT2D eigenvalue weighted by atomic mass is 32.2. The maximum atomic E-state index is 13.6. The maximum absolute atomic E-state index is 13.6. The van der Waals surface area contributed by atoms with Gasteiger partial charge in [-0.15, -0.1) is 0 Å². The molecule has 2 aliphatic rings. The van der Waals surface area contributed by atoms with Gasteiger partial charge in [0.1, 0.15) is 0 Å². The monoisotopic (exact) mass is 553 g/mol. The summed E-state index contributed by atoms with van der Waals surface area (Å²) in [6.07, 6.45) is -4.88. The molecule has 2 aromatic carbocycles. The van der Waals surface area contributed by atoms with E-state index in [1.807, 2.05) is 4.90 Å². The quantitative estimate of drug-likeness (QED) is 0.342. The van der Waals surface area contributed by atoms with Crippen LogP contribution in [0, 0.1) is 0 Å². The van der Waals surface area contributed by atoms with Crippen molar-refractivity contribution in [3.05, 3.63) is 69.8 Å². The third-order valence-electron chi connectivity index (χ3n) is 6.36. The Kier molecular flexibility index (Phi) is 6.76. The van der Waals surface area contributed by atoms with E-state index in [1.54, 1.807) is 24.3 Å². The van der Waals surface area contributed by atoms with Gasteiger partial charge in [-0.05, 0) is 66.1 Å². The lowest BCUT2D eigenvalue weighted by atomic mass is 10.0. The summed E-state index contributed by atoms with van der Waals surface area (Å²) in [7, 11) is 0. The average molecular weight is 554 g/mol. The maximum Gasteiger partial charge on any atom is 0.416 e. The highest BCUT2D eigenvalue weighted by molar-refractivity contribution is 8.18. The molecular weight excluding hydrogens is 532 g/mol. The Morgan fingerprint density at radius 2 is 1.87 bits per heavy atom. The Hall–Kier alpha value is -3.32. The molecule has 0 aliphatic carbocycles. The Morgan fingerprint density at radius 1 is 1.08 bits per heavy atom. The van der Waals surface area contributed by atoms with Gasteiger partial charge < -0.3 is 10.6 Å². The topological polar surface area (TPSA) is 76.5 Å². The van der Waals surface area contributed by atoms with E-state index in [0.29, 0.717) is 39.2 Å². The molecule has 200 valence electrons. The molecule has 38 heavy (non-hydrogen) atoms. The van der Waals surface area contributed by atoms with Gasteiger partial charge in [-0.25, -0.2) is 0 Å². The summed E-state index contributed by atoms with van der Waals surface area (Å²) in [5, 5.41) is 5.36. The number of aromatic nitrogens is 2. The third-order valence-corrected chi connectivity index (χ3v) is 7.41. The second-order valence-electron chi connectivity index (χ2n) is 9.15. The molecule has 0 radical (unpaired) electrons. The molecule has 2 N–H and O–H groups in total. The van der Waals surface area contributed by atoms with Crippen LogP contribution in [0.3, 0.4) is 0 Å². The van der Waals surface area contributed by atoms with Gasteiger partial charge in [0.2, 0.25) is 0 Å². The summed E-state index contributed by atoms with van der Waals surface area (Å²) in [6.45, 7) is 1.03. The number of piperidine rings is 1. The highest BCUT2D eigenvalue weighted by Crippen LogP contribution is 2.38. The van der Waals surface area contributed by atoms with Crippen molar-refractivity contribution >= 4 is 39.8 Å². The van der Waals surface area contributed by atoms with E-state index < -0.39 is 23.5 Å². The molecule has 6 nitrogen and oxygen atoms in total. The van der Waals surface area contributed by atoms with Gasteiger partial charge in [0.25, 0.3) is 5.91 Å². The molecule has 2 aliphatic heterocycles. The Labute approximate surface area is 217 Å². The molecule has 0 spiro atoms. The van der Waals surface area contributed by atoms with Gasteiger partial charge in [-0.1, -0.05) is 12.1 Å². The van der Waals surface area contributed by atoms with Crippen molar-refractivity contribution in [3.63, 3.8) is 0 Å². The van der Waals surface area contributed by atoms with Crippen LogP contribution in [0.4, 0.5) is 26.3 Å². The SMILES string of the molecule is N[C@H]1CCCN(C2=NC(=O)/C(=C/c3ccc4c(cnn4Cc4ccc(C(F)(F)F)cc4C(F)(F)F)c3)S2)C1. The van der Waals surface area contributed by atoms with Crippen LogP contribution in [-0.2, 0) is 23.7 Å². The Balaban J connectivity index is 1.38. The molecule has 1 saturated heterocycles. The lowest BCUT2D eigenvalue weighted by Gasteiger charge is -2.31. The van der Waals surface area contributed by atoms with Crippen LogP contribution < -0.4 is 5.73 Å². The van der Waals surface area contributed by atoms with Gasteiger partial charge in [-0.2, -0.15) is 36.4 Å². The highest BCUT2D eigenvalue weighted by Gasteiger charge is 2.38. The van der Waals surface area contributed by atoms with Crippen LogP contribution in [0.1, 0.15) is 35.1 Å². The number of thioether (sulfide) groups is 1. The van der Waals surface area contributed by atoms with Crippen molar-refractivity contribution in [1.82, 2.24) is 14.7 Å². The van der Waals surface area contributed by atoms with Crippen molar-refractivity contribution in [2.75, 3.05) is 13.1 Å². The van der Waals surface area contributed by atoms with E-state index in [9.17, 15) is 31.1 Å². The number of carbonyl (C=O) groups is 1. The smallest absolute Gasteiger partial charge is 0.349 e. The minimum atomic E-state index is -4.97. The lowest BCUT2D eigenvalue weighted by molar-refractivity contribution is -0.143. The van der Waals surface area contributed by atoms with Crippen molar-refractivity contribution in [2.45, 2.75) is 37.8 Å². The predicted molar refractivity (Wildman–Crippen MR) is 132 cm³/mol. The number of amidine groups is 1. The first kappa shape index (κ1) is 26.3. The summed E-state index contributed by atoms with van der Waals surface area (Å²) in [4.78, 5) is 19.1. The number of rotatable bonds is 3. The van der Waals surface area contributed by atoms with Gasteiger partial charge in [0, 0.05) is 24.5 Å². The molecule has 1 atom stereocenters. The second-order valence-corrected chi connectivity index (χ2v) is 10.2. The van der Waals surface area contributed by atoms with Gasteiger partial charge >= 0.3 is 12.4 Å². The largest absolute Gasteiger partial charge is 0.416 e. The Bertz CT molecular complexity index is 1460. The number of halogens is 6. The van der Waals surface area contributed by atoms with Crippen LogP contribution in [0.5, 0.6) is 0 Å². The minimum Gasteiger partial charge on any atom is -0.349 e. The first-order valence-electron chi connectivity index (χ1n) is 11.6. The fraction of sp³-hybridized carbons (Fsp3) is 0.320. The number of amides is 1. The van der Waals surface area contributed by atoms with Crippen molar-refractivity contribution in [3.8, 4) is 0 Å². The number of hydrogen-bond donors (Lipinski definition) is 1. The number of nitrogens with zero attached hydrogens (tertiary/aromatic N) is 4. The van der Waals surface area contributed by atoms with Crippen LogP contribution >= 0.6 is 11.8 Å². The number of aliphatic imine (C=N–C) groups is 1. The van der Waals surface area contributed by atoms with Gasteiger partial charge in [0.15, 0.2) is 5.17 Å². The Morgan fingerprint density at radius 3 is 2.58 bits per heavy atom. The number of nitrogens with two attached hydrogens (primary N) is 1. The molecule has 1 amide bonds. The number of likely N-dealkylation sites (tertiary alicyclic amines) is 1. The number of hydrogen-bond acceptors (Lipinski definition) is 5. The number of fused-ring (bicyclic) bond motifs is 1. The van der Waals surface area contributed by atoms with E-state index in [4.69, 9.17) is 5.73 Å². The standard InChI is InChI=1S/C25H21F6N5OS/c26-24(27,28)17-5-4-15(19(10-17)25(29,30)31)12-36-20-6-3-14(8-16(20)11-33-36)9-21-22(37)34-23(38-21)35-7-1-2-18(32)13-35/h3-6,8-11,18H,1-2,7,12-13,32H2/b21-9-/t18-/m0/s1. The number of benzene rings is 2. The summed E-state index contributed by atoms with van der Waals surface area (Å²) >= 11 is 1.27. The normalized spacial score (nSPS) is 20.0. The van der Waals surface area contributed by atoms with Gasteiger partial charge in [-0.3, -0.25) is 9.48 Å². The zero-order chi connectivity index (χ0) is 27.2. The second kappa shape index (κ2) is 9.77. The molecule has 0 bridgehead atoms. The van der Waals surface area contributed by atoms with E-state index in [2.05, 4.69) is 10.1 Å². The first-order valence-corrected chi connectivity index (χ1v) is 12.5. The molecule has 1 fully saturated rings. The van der Waals surface area contributed by atoms with Crippen LogP contribution in [0.2, 0.25) is 0 Å².